The fourth-order valence-corrected chi connectivity index (χ4v) is 6.25. The van der Waals surface area contributed by atoms with E-state index in [4.69, 9.17) is 4.74 Å². The van der Waals surface area contributed by atoms with Crippen LogP contribution in [0.5, 0.6) is 0 Å². The van der Waals surface area contributed by atoms with Crippen molar-refractivity contribution in [1.82, 2.24) is 0 Å². The summed E-state index contributed by atoms with van der Waals surface area (Å²) in [5.74, 6) is 1.20. The first kappa shape index (κ1) is 20.0. The van der Waals surface area contributed by atoms with Crippen LogP contribution in [0.25, 0.3) is 0 Å². The van der Waals surface area contributed by atoms with Gasteiger partial charge in [0.2, 0.25) is 0 Å². The highest BCUT2D eigenvalue weighted by Gasteiger charge is 2.44. The SMILES string of the molecule is O=C(COC(=O)c1ccc2c3c1C1C=CCC1CN3CC1CC=CC21)c1ccc(Br)cc1. The molecule has 0 radical (unpaired) electrons. The van der Waals surface area contributed by atoms with Crippen LogP contribution < -0.4 is 4.90 Å². The van der Waals surface area contributed by atoms with Crippen LogP contribution in [0.2, 0.25) is 0 Å². The van der Waals surface area contributed by atoms with Gasteiger partial charge in [-0.1, -0.05) is 58.4 Å². The molecule has 6 rings (SSSR count). The maximum Gasteiger partial charge on any atom is 0.338 e. The fourth-order valence-electron chi connectivity index (χ4n) is 5.99. The van der Waals surface area contributed by atoms with Gasteiger partial charge in [0, 0.05) is 40.6 Å². The highest BCUT2D eigenvalue weighted by molar-refractivity contribution is 9.10. The predicted octanol–water partition coefficient (Wildman–Crippen LogP) is 5.64. The number of hydrogen-bond acceptors (Lipinski definition) is 4. The molecule has 2 heterocycles. The Bertz CT molecular complexity index is 1160. The molecule has 0 amide bonds. The second-order valence-electron chi connectivity index (χ2n) is 9.28. The number of fused-ring (bicyclic) bond motifs is 4. The average molecular weight is 490 g/mol. The van der Waals surface area contributed by atoms with E-state index < -0.39 is 5.97 Å². The number of carbonyl (C=O) groups is 2. The van der Waals surface area contributed by atoms with E-state index in [1.165, 1.54) is 11.3 Å². The van der Waals surface area contributed by atoms with E-state index in [0.717, 1.165) is 36.0 Å². The Labute approximate surface area is 196 Å². The van der Waals surface area contributed by atoms with Gasteiger partial charge in [-0.2, -0.15) is 0 Å². The van der Waals surface area contributed by atoms with Gasteiger partial charge < -0.3 is 9.64 Å². The van der Waals surface area contributed by atoms with Crippen molar-refractivity contribution in [3.05, 3.63) is 87.4 Å². The third-order valence-corrected chi connectivity index (χ3v) is 8.00. The zero-order chi connectivity index (χ0) is 21.8. The first-order chi connectivity index (χ1) is 15.6. The molecule has 0 bridgehead atoms. The van der Waals surface area contributed by atoms with Crippen molar-refractivity contribution in [2.24, 2.45) is 11.8 Å². The van der Waals surface area contributed by atoms with Crippen LogP contribution in [-0.2, 0) is 4.74 Å². The number of hydrogen-bond donors (Lipinski definition) is 0. The average Bonchev–Trinajstić information content (AvgIpc) is 3.47. The van der Waals surface area contributed by atoms with Gasteiger partial charge in [-0.05, 0) is 54.0 Å². The smallest absolute Gasteiger partial charge is 0.338 e. The molecular weight excluding hydrogens is 466 g/mol. The monoisotopic (exact) mass is 489 g/mol. The first-order valence-electron chi connectivity index (χ1n) is 11.3. The maximum atomic E-state index is 13.2. The summed E-state index contributed by atoms with van der Waals surface area (Å²) >= 11 is 3.37. The molecule has 4 atom stereocenters. The van der Waals surface area contributed by atoms with Gasteiger partial charge in [0.05, 0.1) is 5.56 Å². The van der Waals surface area contributed by atoms with Gasteiger partial charge >= 0.3 is 5.97 Å². The molecule has 0 N–H and O–H groups in total. The number of ketones is 1. The minimum absolute atomic E-state index is 0.198. The molecule has 2 aliphatic carbocycles. The lowest BCUT2D eigenvalue weighted by atomic mass is 9.73. The Morgan fingerprint density at radius 2 is 1.62 bits per heavy atom. The lowest BCUT2D eigenvalue weighted by molar-refractivity contribution is 0.0473. The summed E-state index contributed by atoms with van der Waals surface area (Å²) in [4.78, 5) is 28.2. The van der Waals surface area contributed by atoms with Crippen molar-refractivity contribution in [2.75, 3.05) is 24.6 Å². The van der Waals surface area contributed by atoms with E-state index in [1.807, 2.05) is 18.2 Å². The predicted molar refractivity (Wildman–Crippen MR) is 127 cm³/mol. The zero-order valence-electron chi connectivity index (χ0n) is 17.7. The molecule has 0 saturated heterocycles. The number of anilines is 1. The number of Topliss-reactive ketones (excluding diaryl/α,β-unsaturated/α-hetero) is 1. The van der Waals surface area contributed by atoms with E-state index in [1.54, 1.807) is 12.1 Å². The topological polar surface area (TPSA) is 46.6 Å². The summed E-state index contributed by atoms with van der Waals surface area (Å²) < 4.78 is 6.45. The number of ether oxygens (including phenoxy) is 1. The van der Waals surface area contributed by atoms with Crippen molar-refractivity contribution in [2.45, 2.75) is 24.7 Å². The van der Waals surface area contributed by atoms with Crippen molar-refractivity contribution in [3.63, 3.8) is 0 Å². The Morgan fingerprint density at radius 3 is 2.38 bits per heavy atom. The van der Waals surface area contributed by atoms with Gasteiger partial charge in [-0.3, -0.25) is 4.79 Å². The molecule has 162 valence electrons. The molecule has 2 aromatic carbocycles. The summed E-state index contributed by atoms with van der Waals surface area (Å²) in [5, 5.41) is 0. The van der Waals surface area contributed by atoms with Gasteiger partial charge in [-0.25, -0.2) is 4.79 Å². The molecule has 0 fully saturated rings. The number of rotatable bonds is 4. The third kappa shape index (κ3) is 3.17. The van der Waals surface area contributed by atoms with E-state index in [0.29, 0.717) is 28.9 Å². The van der Waals surface area contributed by atoms with Crippen molar-refractivity contribution < 1.29 is 14.3 Å². The number of benzene rings is 2. The number of nitrogens with zero attached hydrogens (tertiary/aromatic N) is 1. The molecule has 4 unspecified atom stereocenters. The highest BCUT2D eigenvalue weighted by atomic mass is 79.9. The summed E-state index contributed by atoms with van der Waals surface area (Å²) in [6, 6.07) is 11.1. The number of halogens is 1. The zero-order valence-corrected chi connectivity index (χ0v) is 19.3. The number of carbonyl (C=O) groups excluding carboxylic acids is 2. The Hall–Kier alpha value is -2.66. The number of esters is 1. The van der Waals surface area contributed by atoms with Crippen LogP contribution in [0.15, 0.2) is 65.2 Å². The Morgan fingerprint density at radius 1 is 0.938 bits per heavy atom. The van der Waals surface area contributed by atoms with Crippen LogP contribution in [0.3, 0.4) is 0 Å². The molecule has 0 saturated carbocycles. The quantitative estimate of drug-likeness (QED) is 0.316. The normalized spacial score (nSPS) is 26.5. The molecule has 5 heteroatoms. The molecule has 2 aliphatic heterocycles. The Balaban J connectivity index is 1.33. The van der Waals surface area contributed by atoms with Crippen LogP contribution in [0, 0.1) is 11.8 Å². The first-order valence-corrected chi connectivity index (χ1v) is 12.1. The molecule has 2 aromatic rings. The molecule has 4 nitrogen and oxygen atoms in total. The summed E-state index contributed by atoms with van der Waals surface area (Å²) in [5.41, 5.74) is 4.83. The van der Waals surface area contributed by atoms with Crippen molar-refractivity contribution in [1.29, 1.82) is 0 Å². The standard InChI is InChI=1S/C27H24BrNO3/c28-19-9-7-16(8-10-19)24(30)15-32-27(31)23-12-11-22-20-5-1-3-17(20)13-29-14-18-4-2-6-21(18)25(23)26(22)29/h1-2,5-12,17-18,20-21H,3-4,13-15H2. The Kier molecular flexibility index (Phi) is 4.83. The molecule has 0 spiro atoms. The van der Waals surface area contributed by atoms with Gasteiger partial charge in [0.25, 0.3) is 0 Å². The van der Waals surface area contributed by atoms with Crippen LogP contribution in [0.1, 0.15) is 56.5 Å². The van der Waals surface area contributed by atoms with Crippen molar-refractivity contribution in [3.8, 4) is 0 Å². The number of allylic oxidation sites excluding steroid dienone is 4. The van der Waals surface area contributed by atoms with E-state index in [-0.39, 0.29) is 18.3 Å². The molecule has 32 heavy (non-hydrogen) atoms. The lowest BCUT2D eigenvalue weighted by Crippen LogP contribution is -2.44. The molecular formula is C27H24BrNO3. The second kappa shape index (κ2) is 7.73. The fraction of sp³-hybridized carbons (Fsp3) is 0.333. The van der Waals surface area contributed by atoms with Crippen LogP contribution in [-0.4, -0.2) is 31.4 Å². The van der Waals surface area contributed by atoms with E-state index >= 15 is 0 Å². The lowest BCUT2D eigenvalue weighted by Gasteiger charge is -2.46. The third-order valence-electron chi connectivity index (χ3n) is 7.47. The molecule has 0 aromatic heterocycles. The van der Waals surface area contributed by atoms with Gasteiger partial charge in [-0.15, -0.1) is 0 Å². The summed E-state index contributed by atoms with van der Waals surface area (Å²) in [7, 11) is 0. The van der Waals surface area contributed by atoms with Crippen molar-refractivity contribution >= 4 is 33.4 Å². The summed E-state index contributed by atoms with van der Waals surface area (Å²) in [6.45, 7) is 1.83. The van der Waals surface area contributed by atoms with Gasteiger partial charge in [0.15, 0.2) is 12.4 Å². The minimum Gasteiger partial charge on any atom is -0.454 e. The maximum absolute atomic E-state index is 13.2. The minimum atomic E-state index is -0.404. The largest absolute Gasteiger partial charge is 0.454 e. The van der Waals surface area contributed by atoms with Crippen LogP contribution >= 0.6 is 15.9 Å². The second-order valence-corrected chi connectivity index (χ2v) is 10.2. The highest BCUT2D eigenvalue weighted by Crippen LogP contribution is 2.53. The van der Waals surface area contributed by atoms with Crippen LogP contribution in [0.4, 0.5) is 5.69 Å². The molecule has 4 aliphatic rings. The summed E-state index contributed by atoms with van der Waals surface area (Å²) in [6.07, 6.45) is 11.3. The van der Waals surface area contributed by atoms with Gasteiger partial charge in [0.1, 0.15) is 0 Å². The van der Waals surface area contributed by atoms with E-state index in [2.05, 4.69) is 51.2 Å². The van der Waals surface area contributed by atoms with E-state index in [9.17, 15) is 9.59 Å².